The van der Waals surface area contributed by atoms with E-state index in [1.807, 2.05) is 18.7 Å². The van der Waals surface area contributed by atoms with E-state index in [1.165, 1.54) is 0 Å². The van der Waals surface area contributed by atoms with Crippen molar-refractivity contribution in [3.8, 4) is 0 Å². The summed E-state index contributed by atoms with van der Waals surface area (Å²) in [5.74, 6) is -0.121. The maximum absolute atomic E-state index is 11.5. The lowest BCUT2D eigenvalue weighted by Crippen LogP contribution is -2.49. The molecular formula is C16H25BrN6O3. The summed E-state index contributed by atoms with van der Waals surface area (Å²) < 4.78 is 0.303. The Morgan fingerprint density at radius 1 is 1.35 bits per heavy atom. The van der Waals surface area contributed by atoms with Crippen LogP contribution in [0.5, 0.6) is 0 Å². The third-order valence-corrected chi connectivity index (χ3v) is 5.45. The van der Waals surface area contributed by atoms with Crippen LogP contribution >= 0.6 is 15.9 Å². The fourth-order valence-electron chi connectivity index (χ4n) is 3.58. The van der Waals surface area contributed by atoms with Gasteiger partial charge in [0.25, 0.3) is 5.91 Å². The van der Waals surface area contributed by atoms with Crippen LogP contribution in [0, 0.1) is 5.41 Å². The number of nitrogens with zero attached hydrogens (tertiary/aromatic N) is 3. The van der Waals surface area contributed by atoms with E-state index in [9.17, 15) is 9.59 Å². The van der Waals surface area contributed by atoms with Crippen LogP contribution in [0.1, 0.15) is 50.5 Å². The largest absolute Gasteiger partial charge is 0.465 e. The van der Waals surface area contributed by atoms with Crippen LogP contribution in [0.4, 0.5) is 16.6 Å². The topological polar surface area (TPSA) is 147 Å². The van der Waals surface area contributed by atoms with E-state index in [0.29, 0.717) is 23.5 Å². The molecule has 0 aliphatic carbocycles. The van der Waals surface area contributed by atoms with Gasteiger partial charge in [-0.15, -0.1) is 0 Å². The van der Waals surface area contributed by atoms with E-state index < -0.39 is 17.5 Å². The molecule has 2 rings (SSSR count). The molecule has 9 nitrogen and oxygen atoms in total. The number of carbonyl (C=O) groups is 2. The predicted octanol–water partition coefficient (Wildman–Crippen LogP) is 1.96. The highest BCUT2D eigenvalue weighted by atomic mass is 79.9. The average Bonchev–Trinajstić information content (AvgIpc) is 2.48. The van der Waals surface area contributed by atoms with Gasteiger partial charge < -0.3 is 26.8 Å². The Balaban J connectivity index is 2.11. The SMILES string of the molecule is CC1(CC(C)(C)NC(=O)O)CCN(c2nc(N)c(Br)c(C(N)=O)n2)CC1. The van der Waals surface area contributed by atoms with E-state index in [4.69, 9.17) is 16.6 Å². The fraction of sp³-hybridized carbons (Fsp3) is 0.625. The van der Waals surface area contributed by atoms with Gasteiger partial charge in [-0.2, -0.15) is 4.98 Å². The number of nitrogen functional groups attached to an aromatic ring is 1. The van der Waals surface area contributed by atoms with Crippen molar-refractivity contribution in [2.24, 2.45) is 11.1 Å². The highest BCUT2D eigenvalue weighted by Crippen LogP contribution is 2.39. The Morgan fingerprint density at radius 2 is 1.92 bits per heavy atom. The second-order valence-electron chi connectivity index (χ2n) is 7.72. The second kappa shape index (κ2) is 7.26. The molecule has 10 heteroatoms. The number of amides is 2. The number of carbonyl (C=O) groups excluding carboxylic acids is 1. The van der Waals surface area contributed by atoms with Crippen LogP contribution in [0.25, 0.3) is 0 Å². The lowest BCUT2D eigenvalue weighted by molar-refractivity contribution is 0.0994. The summed E-state index contributed by atoms with van der Waals surface area (Å²) in [4.78, 5) is 32.9. The Bertz CT molecular complexity index is 716. The van der Waals surface area contributed by atoms with Crippen LogP contribution in [0.3, 0.4) is 0 Å². The van der Waals surface area contributed by atoms with E-state index >= 15 is 0 Å². The van der Waals surface area contributed by atoms with Crippen LogP contribution in [0.2, 0.25) is 0 Å². The number of rotatable bonds is 5. The molecule has 0 radical (unpaired) electrons. The first-order valence-corrected chi connectivity index (χ1v) is 9.11. The summed E-state index contributed by atoms with van der Waals surface area (Å²) in [5, 5.41) is 11.6. The smallest absolute Gasteiger partial charge is 0.405 e. The number of nitrogens with one attached hydrogen (secondary N) is 1. The van der Waals surface area contributed by atoms with Gasteiger partial charge in [-0.1, -0.05) is 6.92 Å². The first-order chi connectivity index (χ1) is 11.9. The lowest BCUT2D eigenvalue weighted by atomic mass is 9.72. The maximum Gasteiger partial charge on any atom is 0.405 e. The Labute approximate surface area is 160 Å². The highest BCUT2D eigenvalue weighted by molar-refractivity contribution is 9.10. The normalized spacial score (nSPS) is 17.0. The third-order valence-electron chi connectivity index (χ3n) is 4.67. The number of hydrogen-bond donors (Lipinski definition) is 4. The number of primary amides is 1. The number of hydrogen-bond acceptors (Lipinski definition) is 6. The molecule has 2 amide bonds. The number of carboxylic acid groups (broad SMARTS) is 1. The molecule has 1 fully saturated rings. The van der Waals surface area contributed by atoms with E-state index in [2.05, 4.69) is 38.1 Å². The summed E-state index contributed by atoms with van der Waals surface area (Å²) in [5.41, 5.74) is 10.7. The third kappa shape index (κ3) is 4.75. The molecular weight excluding hydrogens is 404 g/mol. The number of aromatic nitrogens is 2. The monoisotopic (exact) mass is 428 g/mol. The number of anilines is 2. The van der Waals surface area contributed by atoms with Crippen LogP contribution in [-0.2, 0) is 0 Å². The van der Waals surface area contributed by atoms with Gasteiger partial charge in [0.1, 0.15) is 11.5 Å². The first kappa shape index (κ1) is 20.2. The number of halogens is 1. The van der Waals surface area contributed by atoms with Gasteiger partial charge in [-0.05, 0) is 54.5 Å². The van der Waals surface area contributed by atoms with Gasteiger partial charge in [-0.3, -0.25) is 4.79 Å². The highest BCUT2D eigenvalue weighted by Gasteiger charge is 2.37. The fourth-order valence-corrected chi connectivity index (χ4v) is 3.95. The van der Waals surface area contributed by atoms with E-state index in [-0.39, 0.29) is 16.9 Å². The van der Waals surface area contributed by atoms with Crippen molar-refractivity contribution in [2.75, 3.05) is 23.7 Å². The van der Waals surface area contributed by atoms with Crippen LogP contribution in [-0.4, -0.2) is 45.7 Å². The van der Waals surface area contributed by atoms with Crippen molar-refractivity contribution in [1.29, 1.82) is 0 Å². The summed E-state index contributed by atoms with van der Waals surface area (Å²) >= 11 is 3.19. The molecule has 1 saturated heterocycles. The molecule has 144 valence electrons. The van der Waals surface area contributed by atoms with Gasteiger partial charge in [0, 0.05) is 18.6 Å². The van der Waals surface area contributed by atoms with Gasteiger partial charge in [0.2, 0.25) is 5.95 Å². The van der Waals surface area contributed by atoms with Crippen LogP contribution < -0.4 is 21.7 Å². The Morgan fingerprint density at radius 3 is 2.42 bits per heavy atom. The molecule has 1 aliphatic heterocycles. The Kier molecular flexibility index (Phi) is 5.64. The van der Waals surface area contributed by atoms with Crippen molar-refractivity contribution in [3.63, 3.8) is 0 Å². The summed E-state index contributed by atoms with van der Waals surface area (Å²) in [7, 11) is 0. The molecule has 1 aromatic rings. The van der Waals surface area contributed by atoms with Crippen molar-refractivity contribution < 1.29 is 14.7 Å². The standard InChI is InChI=1S/C16H25BrN6O3/c1-15(2,22-14(25)26)8-16(3)4-6-23(7-5-16)13-20-10(12(19)24)9(17)11(18)21-13/h22H,4-8H2,1-3H3,(H2,19,24)(H,25,26)(H2,18,20,21). The Hall–Kier alpha value is -2.10. The molecule has 2 heterocycles. The van der Waals surface area contributed by atoms with Crippen molar-refractivity contribution in [1.82, 2.24) is 15.3 Å². The molecule has 6 N–H and O–H groups in total. The zero-order valence-corrected chi connectivity index (χ0v) is 16.8. The zero-order valence-electron chi connectivity index (χ0n) is 15.2. The minimum atomic E-state index is -1.02. The molecule has 0 aromatic carbocycles. The molecule has 0 unspecified atom stereocenters. The summed E-state index contributed by atoms with van der Waals surface area (Å²) in [6, 6.07) is 0. The van der Waals surface area contributed by atoms with E-state index in [1.54, 1.807) is 0 Å². The lowest BCUT2D eigenvalue weighted by Gasteiger charge is -2.43. The minimum Gasteiger partial charge on any atom is -0.465 e. The summed E-state index contributed by atoms with van der Waals surface area (Å²) in [6.07, 6.45) is 1.37. The first-order valence-electron chi connectivity index (χ1n) is 8.31. The van der Waals surface area contributed by atoms with Crippen molar-refractivity contribution >= 4 is 39.7 Å². The van der Waals surface area contributed by atoms with Crippen molar-refractivity contribution in [3.05, 3.63) is 10.2 Å². The number of piperidine rings is 1. The van der Waals surface area contributed by atoms with Gasteiger partial charge in [0.05, 0.1) is 4.47 Å². The number of nitrogens with two attached hydrogens (primary N) is 2. The van der Waals surface area contributed by atoms with Gasteiger partial charge >= 0.3 is 6.09 Å². The molecule has 0 saturated carbocycles. The van der Waals surface area contributed by atoms with Gasteiger partial charge in [0.15, 0.2) is 0 Å². The summed E-state index contributed by atoms with van der Waals surface area (Å²) in [6.45, 7) is 7.28. The molecule has 0 bridgehead atoms. The average molecular weight is 429 g/mol. The van der Waals surface area contributed by atoms with Gasteiger partial charge in [-0.25, -0.2) is 9.78 Å². The second-order valence-corrected chi connectivity index (χ2v) is 8.52. The maximum atomic E-state index is 11.5. The molecule has 0 spiro atoms. The minimum absolute atomic E-state index is 0.0180. The molecule has 26 heavy (non-hydrogen) atoms. The quantitative estimate of drug-likeness (QED) is 0.559. The molecule has 0 atom stereocenters. The molecule has 1 aromatic heterocycles. The van der Waals surface area contributed by atoms with Crippen LogP contribution in [0.15, 0.2) is 4.47 Å². The molecule has 1 aliphatic rings. The van der Waals surface area contributed by atoms with E-state index in [0.717, 1.165) is 19.3 Å². The predicted molar refractivity (Wildman–Crippen MR) is 102 cm³/mol. The van der Waals surface area contributed by atoms with Crippen molar-refractivity contribution in [2.45, 2.75) is 45.6 Å². The zero-order chi connectivity index (χ0) is 19.7.